The van der Waals surface area contributed by atoms with Crippen molar-refractivity contribution >= 4 is 16.9 Å². The molecule has 0 unspecified atom stereocenters. The van der Waals surface area contributed by atoms with Crippen LogP contribution in [0.4, 0.5) is 0 Å². The molecule has 1 aromatic heterocycles. The summed E-state index contributed by atoms with van der Waals surface area (Å²) in [6, 6.07) is 3.65. The largest absolute Gasteiger partial charge is 0.288 e. The van der Waals surface area contributed by atoms with E-state index in [2.05, 4.69) is 16.8 Å². The molecule has 1 aromatic rings. The molecule has 0 amide bonds. The number of aromatic nitrogens is 1. The summed E-state index contributed by atoms with van der Waals surface area (Å²) in [6.07, 6.45) is 3.07. The van der Waals surface area contributed by atoms with E-state index in [1.807, 2.05) is 6.07 Å². The number of thioether (sulfide) groups is 1. The van der Waals surface area contributed by atoms with Gasteiger partial charge in [0, 0.05) is 24.9 Å². The molecule has 0 saturated carbocycles. The molecule has 4 heteroatoms. The summed E-state index contributed by atoms with van der Waals surface area (Å²) in [5, 5.41) is 8.67. The van der Waals surface area contributed by atoms with Gasteiger partial charge in [-0.3, -0.25) is 9.78 Å². The Morgan fingerprint density at radius 1 is 1.53 bits per heavy atom. The van der Waals surface area contributed by atoms with Gasteiger partial charge < -0.3 is 0 Å². The second-order valence-corrected chi connectivity index (χ2v) is 3.81. The Labute approximate surface area is 92.5 Å². The standard InChI is InChI=1S/C11H8N2OS/c1-9(14)15-4-2-3-10-5-11(6-12)8-13-7-10/h5,7-8H,4H2,1H3. The predicted octanol–water partition coefficient (Wildman–Crippen LogP) is 1.58. The molecule has 0 bridgehead atoms. The van der Waals surface area contributed by atoms with Crippen LogP contribution in [0, 0.1) is 23.2 Å². The maximum atomic E-state index is 10.6. The van der Waals surface area contributed by atoms with Crippen molar-refractivity contribution in [2.75, 3.05) is 5.75 Å². The zero-order chi connectivity index (χ0) is 11.1. The highest BCUT2D eigenvalue weighted by Gasteiger charge is 1.92. The van der Waals surface area contributed by atoms with Gasteiger partial charge in [-0.2, -0.15) is 5.26 Å². The van der Waals surface area contributed by atoms with Crippen LogP contribution in [0.1, 0.15) is 18.1 Å². The van der Waals surface area contributed by atoms with Crippen molar-refractivity contribution in [1.82, 2.24) is 4.98 Å². The minimum atomic E-state index is 0.0493. The highest BCUT2D eigenvalue weighted by molar-refractivity contribution is 8.13. The lowest BCUT2D eigenvalue weighted by molar-refractivity contribution is -0.109. The van der Waals surface area contributed by atoms with Gasteiger partial charge in [0.1, 0.15) is 6.07 Å². The van der Waals surface area contributed by atoms with Crippen molar-refractivity contribution in [2.45, 2.75) is 6.92 Å². The monoisotopic (exact) mass is 216 g/mol. The van der Waals surface area contributed by atoms with Crippen LogP contribution in [-0.4, -0.2) is 15.9 Å². The highest BCUT2D eigenvalue weighted by Crippen LogP contribution is 2.01. The van der Waals surface area contributed by atoms with Crippen LogP contribution in [0.5, 0.6) is 0 Å². The molecule has 74 valence electrons. The van der Waals surface area contributed by atoms with Crippen LogP contribution in [0.2, 0.25) is 0 Å². The quantitative estimate of drug-likeness (QED) is 0.669. The van der Waals surface area contributed by atoms with Gasteiger partial charge in [-0.1, -0.05) is 23.6 Å². The molecule has 0 atom stereocenters. The first-order valence-electron chi connectivity index (χ1n) is 4.20. The Hall–Kier alpha value is -1.78. The summed E-state index contributed by atoms with van der Waals surface area (Å²) in [7, 11) is 0. The number of pyridine rings is 1. The fraction of sp³-hybridized carbons (Fsp3) is 0.182. The van der Waals surface area contributed by atoms with E-state index in [0.29, 0.717) is 16.9 Å². The van der Waals surface area contributed by atoms with Crippen LogP contribution in [-0.2, 0) is 4.79 Å². The zero-order valence-corrected chi connectivity index (χ0v) is 8.97. The van der Waals surface area contributed by atoms with Crippen molar-refractivity contribution in [2.24, 2.45) is 0 Å². The van der Waals surface area contributed by atoms with E-state index in [4.69, 9.17) is 5.26 Å². The van der Waals surface area contributed by atoms with Gasteiger partial charge in [-0.15, -0.1) is 0 Å². The Balaban J connectivity index is 2.64. The van der Waals surface area contributed by atoms with Crippen LogP contribution >= 0.6 is 11.8 Å². The van der Waals surface area contributed by atoms with Gasteiger partial charge in [-0.25, -0.2) is 0 Å². The molecular formula is C11H8N2OS. The van der Waals surface area contributed by atoms with E-state index >= 15 is 0 Å². The first kappa shape index (κ1) is 11.3. The molecule has 1 rings (SSSR count). The number of hydrogen-bond acceptors (Lipinski definition) is 4. The minimum Gasteiger partial charge on any atom is -0.288 e. The summed E-state index contributed by atoms with van der Waals surface area (Å²) in [4.78, 5) is 14.5. The van der Waals surface area contributed by atoms with E-state index < -0.39 is 0 Å². The third kappa shape index (κ3) is 4.30. The van der Waals surface area contributed by atoms with Crippen molar-refractivity contribution in [1.29, 1.82) is 5.26 Å². The molecule has 0 aliphatic heterocycles. The summed E-state index contributed by atoms with van der Waals surface area (Å²) in [5.41, 5.74) is 1.18. The first-order chi connectivity index (χ1) is 7.22. The molecule has 0 N–H and O–H groups in total. The number of carbonyl (C=O) groups is 1. The van der Waals surface area contributed by atoms with E-state index in [1.165, 1.54) is 13.1 Å². The fourth-order valence-electron chi connectivity index (χ4n) is 0.845. The Morgan fingerprint density at radius 2 is 2.27 bits per heavy atom. The van der Waals surface area contributed by atoms with E-state index in [0.717, 1.165) is 11.8 Å². The van der Waals surface area contributed by atoms with Crippen LogP contribution in [0.15, 0.2) is 18.5 Å². The number of hydrogen-bond donors (Lipinski definition) is 0. The SMILES string of the molecule is CC(=O)SCC#Cc1cncc(C#N)c1. The molecule has 0 fully saturated rings. The summed E-state index contributed by atoms with van der Waals surface area (Å²) >= 11 is 1.16. The molecular weight excluding hydrogens is 208 g/mol. The summed E-state index contributed by atoms with van der Waals surface area (Å²) in [5.74, 6) is 6.13. The lowest BCUT2D eigenvalue weighted by atomic mass is 10.2. The molecule has 0 spiro atoms. The number of nitriles is 1. The normalized spacial score (nSPS) is 8.53. The molecule has 0 aliphatic carbocycles. The highest BCUT2D eigenvalue weighted by atomic mass is 32.2. The van der Waals surface area contributed by atoms with Crippen LogP contribution < -0.4 is 0 Å². The number of nitrogens with zero attached hydrogens (tertiary/aromatic N) is 2. The van der Waals surface area contributed by atoms with E-state index in [-0.39, 0.29) is 5.12 Å². The summed E-state index contributed by atoms with van der Waals surface area (Å²) in [6.45, 7) is 1.50. The van der Waals surface area contributed by atoms with Crippen molar-refractivity contribution < 1.29 is 4.79 Å². The van der Waals surface area contributed by atoms with Gasteiger partial charge in [0.15, 0.2) is 5.12 Å². The van der Waals surface area contributed by atoms with Gasteiger partial charge in [0.25, 0.3) is 0 Å². The number of carbonyl (C=O) groups excluding carboxylic acids is 1. The van der Waals surface area contributed by atoms with Crippen molar-refractivity contribution in [3.8, 4) is 17.9 Å². The topological polar surface area (TPSA) is 53.8 Å². The van der Waals surface area contributed by atoms with E-state index in [1.54, 1.807) is 12.3 Å². The lowest BCUT2D eigenvalue weighted by Crippen LogP contribution is -1.84. The molecule has 0 aromatic carbocycles. The van der Waals surface area contributed by atoms with Gasteiger partial charge in [-0.05, 0) is 6.07 Å². The number of rotatable bonds is 1. The summed E-state index contributed by atoms with van der Waals surface area (Å²) < 4.78 is 0. The van der Waals surface area contributed by atoms with Gasteiger partial charge in [0.2, 0.25) is 0 Å². The Kier molecular flexibility index (Phi) is 4.40. The van der Waals surface area contributed by atoms with Crippen LogP contribution in [0.25, 0.3) is 0 Å². The van der Waals surface area contributed by atoms with E-state index in [9.17, 15) is 4.79 Å². The molecule has 0 aliphatic rings. The predicted molar refractivity (Wildman–Crippen MR) is 59.0 cm³/mol. The lowest BCUT2D eigenvalue weighted by Gasteiger charge is -1.89. The molecule has 15 heavy (non-hydrogen) atoms. The van der Waals surface area contributed by atoms with Crippen molar-refractivity contribution in [3.05, 3.63) is 29.6 Å². The van der Waals surface area contributed by atoms with Crippen molar-refractivity contribution in [3.63, 3.8) is 0 Å². The maximum absolute atomic E-state index is 10.6. The minimum absolute atomic E-state index is 0.0493. The smallest absolute Gasteiger partial charge is 0.186 e. The van der Waals surface area contributed by atoms with Crippen LogP contribution in [0.3, 0.4) is 0 Å². The molecule has 3 nitrogen and oxygen atoms in total. The third-order valence-electron chi connectivity index (χ3n) is 1.45. The fourth-order valence-corrected chi connectivity index (χ4v) is 1.19. The Morgan fingerprint density at radius 3 is 2.93 bits per heavy atom. The Bertz CT molecular complexity index is 465. The third-order valence-corrected chi connectivity index (χ3v) is 2.14. The maximum Gasteiger partial charge on any atom is 0.186 e. The average molecular weight is 216 g/mol. The first-order valence-corrected chi connectivity index (χ1v) is 5.18. The van der Waals surface area contributed by atoms with Gasteiger partial charge >= 0.3 is 0 Å². The molecule has 0 radical (unpaired) electrons. The molecule has 1 heterocycles. The second-order valence-electron chi connectivity index (χ2n) is 2.66. The second kappa shape index (κ2) is 5.85. The molecule has 0 saturated heterocycles. The zero-order valence-electron chi connectivity index (χ0n) is 8.15. The van der Waals surface area contributed by atoms with Gasteiger partial charge in [0.05, 0.1) is 11.3 Å². The average Bonchev–Trinajstić information content (AvgIpc) is 2.24.